The zero-order valence-electron chi connectivity index (χ0n) is 10.4. The molecule has 0 radical (unpaired) electrons. The van der Waals surface area contributed by atoms with Crippen LogP contribution in [-0.4, -0.2) is 26.2 Å². The summed E-state index contributed by atoms with van der Waals surface area (Å²) in [7, 11) is 1.62. The number of rotatable bonds is 7. The lowest BCUT2D eigenvalue weighted by Gasteiger charge is -2.33. The lowest BCUT2D eigenvalue weighted by atomic mass is 9.87. The zero-order chi connectivity index (χ0) is 12.7. The van der Waals surface area contributed by atoms with E-state index in [0.29, 0.717) is 6.61 Å². The highest BCUT2D eigenvalue weighted by Gasteiger charge is 2.33. The number of amides is 1. The molecule has 0 bridgehead atoms. The molecule has 1 aromatic rings. The number of benzene rings is 1. The molecular formula is C13H20N2O2. The van der Waals surface area contributed by atoms with Gasteiger partial charge in [0.1, 0.15) is 0 Å². The molecule has 0 aromatic heterocycles. The van der Waals surface area contributed by atoms with Crippen LogP contribution in [0.5, 0.6) is 0 Å². The molecule has 4 nitrogen and oxygen atoms in total. The molecular weight excluding hydrogens is 216 g/mol. The van der Waals surface area contributed by atoms with Crippen molar-refractivity contribution < 1.29 is 9.53 Å². The third-order valence-corrected chi connectivity index (χ3v) is 2.71. The van der Waals surface area contributed by atoms with Crippen LogP contribution in [0, 0.1) is 0 Å². The van der Waals surface area contributed by atoms with Crippen LogP contribution in [0.2, 0.25) is 0 Å². The van der Waals surface area contributed by atoms with Gasteiger partial charge < -0.3 is 15.8 Å². The molecule has 17 heavy (non-hydrogen) atoms. The Morgan fingerprint density at radius 3 is 2.53 bits per heavy atom. The Morgan fingerprint density at radius 1 is 1.41 bits per heavy atom. The molecule has 0 aliphatic rings. The monoisotopic (exact) mass is 236 g/mol. The molecule has 94 valence electrons. The second-order valence-corrected chi connectivity index (χ2v) is 4.05. The Labute approximate surface area is 102 Å². The number of nitrogens with two attached hydrogens (primary N) is 1. The van der Waals surface area contributed by atoms with Crippen LogP contribution in [0.25, 0.3) is 0 Å². The number of methoxy groups -OCH3 is 1. The standard InChI is InChI=1S/C13H20N2O2/c1-3-15-13(10-17-2,9-12(14)16)11-7-5-4-6-8-11/h4-8,15H,3,9-10H2,1-2H3,(H2,14,16). The third kappa shape index (κ3) is 3.54. The number of ether oxygens (including phenoxy) is 1. The molecule has 1 amide bonds. The molecule has 3 N–H and O–H groups in total. The van der Waals surface area contributed by atoms with Crippen molar-refractivity contribution in [3.63, 3.8) is 0 Å². The second kappa shape index (κ2) is 6.37. The zero-order valence-corrected chi connectivity index (χ0v) is 10.4. The first-order chi connectivity index (χ1) is 8.14. The van der Waals surface area contributed by atoms with Crippen LogP contribution in [0.3, 0.4) is 0 Å². The van der Waals surface area contributed by atoms with E-state index >= 15 is 0 Å². The van der Waals surface area contributed by atoms with E-state index in [4.69, 9.17) is 10.5 Å². The maximum absolute atomic E-state index is 11.3. The summed E-state index contributed by atoms with van der Waals surface area (Å²) in [5, 5.41) is 3.32. The van der Waals surface area contributed by atoms with E-state index in [2.05, 4.69) is 5.32 Å². The Balaban J connectivity index is 3.09. The van der Waals surface area contributed by atoms with E-state index in [-0.39, 0.29) is 12.3 Å². The smallest absolute Gasteiger partial charge is 0.219 e. The third-order valence-electron chi connectivity index (χ3n) is 2.71. The van der Waals surface area contributed by atoms with Crippen molar-refractivity contribution in [2.45, 2.75) is 18.9 Å². The van der Waals surface area contributed by atoms with Crippen LogP contribution in [0.15, 0.2) is 30.3 Å². The molecule has 1 unspecified atom stereocenters. The molecule has 1 rings (SSSR count). The van der Waals surface area contributed by atoms with Crippen LogP contribution >= 0.6 is 0 Å². The van der Waals surface area contributed by atoms with Gasteiger partial charge in [-0.15, -0.1) is 0 Å². The predicted molar refractivity (Wildman–Crippen MR) is 67.5 cm³/mol. The van der Waals surface area contributed by atoms with Crippen LogP contribution in [0.4, 0.5) is 0 Å². The second-order valence-electron chi connectivity index (χ2n) is 4.05. The van der Waals surface area contributed by atoms with Crippen molar-refractivity contribution in [1.29, 1.82) is 0 Å². The minimum Gasteiger partial charge on any atom is -0.382 e. The first-order valence-electron chi connectivity index (χ1n) is 5.72. The van der Waals surface area contributed by atoms with Gasteiger partial charge in [0.2, 0.25) is 5.91 Å². The van der Waals surface area contributed by atoms with Crippen molar-refractivity contribution in [1.82, 2.24) is 5.32 Å². The molecule has 0 aliphatic heterocycles. The molecule has 0 fully saturated rings. The minimum atomic E-state index is -0.531. The number of hydrogen-bond donors (Lipinski definition) is 2. The van der Waals surface area contributed by atoms with Gasteiger partial charge in [0.15, 0.2) is 0 Å². The summed E-state index contributed by atoms with van der Waals surface area (Å²) < 4.78 is 5.24. The summed E-state index contributed by atoms with van der Waals surface area (Å²) in [6.45, 7) is 3.15. The van der Waals surface area contributed by atoms with Gasteiger partial charge in [0, 0.05) is 7.11 Å². The minimum absolute atomic E-state index is 0.221. The van der Waals surface area contributed by atoms with E-state index in [1.54, 1.807) is 7.11 Å². The topological polar surface area (TPSA) is 64.3 Å². The van der Waals surface area contributed by atoms with Crippen molar-refractivity contribution in [2.24, 2.45) is 5.73 Å². The average molecular weight is 236 g/mol. The normalized spacial score (nSPS) is 14.2. The van der Waals surface area contributed by atoms with E-state index in [1.807, 2.05) is 37.3 Å². The van der Waals surface area contributed by atoms with Gasteiger partial charge in [-0.05, 0) is 12.1 Å². The largest absolute Gasteiger partial charge is 0.382 e. The van der Waals surface area contributed by atoms with E-state index in [1.165, 1.54) is 0 Å². The lowest BCUT2D eigenvalue weighted by Crippen LogP contribution is -2.48. The van der Waals surface area contributed by atoms with Crippen molar-refractivity contribution in [3.8, 4) is 0 Å². The Bertz CT molecular complexity index is 346. The molecule has 4 heteroatoms. The van der Waals surface area contributed by atoms with Gasteiger partial charge in [-0.25, -0.2) is 0 Å². The highest BCUT2D eigenvalue weighted by atomic mass is 16.5. The van der Waals surface area contributed by atoms with Crippen molar-refractivity contribution >= 4 is 5.91 Å². The number of likely N-dealkylation sites (N-methyl/N-ethyl adjacent to an activating group) is 1. The number of carbonyl (C=O) groups is 1. The number of carbonyl (C=O) groups excluding carboxylic acids is 1. The Hall–Kier alpha value is -1.39. The number of nitrogens with one attached hydrogen (secondary N) is 1. The van der Waals surface area contributed by atoms with Gasteiger partial charge in [-0.3, -0.25) is 4.79 Å². The van der Waals surface area contributed by atoms with Crippen molar-refractivity contribution in [3.05, 3.63) is 35.9 Å². The first-order valence-corrected chi connectivity index (χ1v) is 5.72. The fourth-order valence-corrected chi connectivity index (χ4v) is 2.09. The van der Waals surface area contributed by atoms with Gasteiger partial charge in [0.25, 0.3) is 0 Å². The average Bonchev–Trinajstić information content (AvgIpc) is 2.30. The SMILES string of the molecule is CCNC(COC)(CC(N)=O)c1ccccc1. The molecule has 0 saturated carbocycles. The summed E-state index contributed by atoms with van der Waals surface area (Å²) in [6.07, 6.45) is 0.221. The fourth-order valence-electron chi connectivity index (χ4n) is 2.09. The predicted octanol–water partition coefficient (Wildman–Crippen LogP) is 1.01. The summed E-state index contributed by atoms with van der Waals surface area (Å²) >= 11 is 0. The fraction of sp³-hybridized carbons (Fsp3) is 0.462. The quantitative estimate of drug-likeness (QED) is 0.742. The Morgan fingerprint density at radius 2 is 2.06 bits per heavy atom. The van der Waals surface area contributed by atoms with Crippen LogP contribution in [0.1, 0.15) is 18.9 Å². The molecule has 0 heterocycles. The Kier molecular flexibility index (Phi) is 5.12. The highest BCUT2D eigenvalue weighted by molar-refractivity contribution is 5.75. The maximum Gasteiger partial charge on any atom is 0.219 e. The molecule has 0 spiro atoms. The number of hydrogen-bond acceptors (Lipinski definition) is 3. The van der Waals surface area contributed by atoms with Gasteiger partial charge >= 0.3 is 0 Å². The maximum atomic E-state index is 11.3. The van der Waals surface area contributed by atoms with E-state index in [0.717, 1.165) is 12.1 Å². The summed E-state index contributed by atoms with van der Waals surface area (Å²) in [5.41, 5.74) is 5.83. The van der Waals surface area contributed by atoms with Gasteiger partial charge in [-0.1, -0.05) is 37.3 Å². The van der Waals surface area contributed by atoms with E-state index in [9.17, 15) is 4.79 Å². The van der Waals surface area contributed by atoms with E-state index < -0.39 is 5.54 Å². The summed E-state index contributed by atoms with van der Waals surface area (Å²) in [4.78, 5) is 11.3. The molecule has 0 saturated heterocycles. The van der Waals surface area contributed by atoms with Crippen LogP contribution < -0.4 is 11.1 Å². The summed E-state index contributed by atoms with van der Waals surface area (Å²) in [5.74, 6) is -0.341. The van der Waals surface area contributed by atoms with Gasteiger partial charge in [-0.2, -0.15) is 0 Å². The lowest BCUT2D eigenvalue weighted by molar-refractivity contribution is -0.120. The molecule has 1 aromatic carbocycles. The summed E-state index contributed by atoms with van der Waals surface area (Å²) in [6, 6.07) is 9.78. The van der Waals surface area contributed by atoms with Crippen molar-refractivity contribution in [2.75, 3.05) is 20.3 Å². The van der Waals surface area contributed by atoms with Gasteiger partial charge in [0.05, 0.1) is 18.6 Å². The first kappa shape index (κ1) is 13.7. The molecule has 1 atom stereocenters. The highest BCUT2D eigenvalue weighted by Crippen LogP contribution is 2.25. The molecule has 0 aliphatic carbocycles. The number of primary amides is 1. The van der Waals surface area contributed by atoms with Crippen LogP contribution in [-0.2, 0) is 15.1 Å².